The molecule has 1 aromatic heterocycles. The number of rotatable bonds is 1. The molecule has 2 heterocycles. The molecule has 1 N–H and O–H groups in total. The number of halogens is 1. The van der Waals surface area contributed by atoms with E-state index in [9.17, 15) is 0 Å². The number of aromatic nitrogens is 1. The summed E-state index contributed by atoms with van der Waals surface area (Å²) in [5.41, 5.74) is 3.37. The minimum atomic E-state index is 0.510. The second kappa shape index (κ2) is 4.28. The van der Waals surface area contributed by atoms with E-state index in [0.29, 0.717) is 11.2 Å². The highest BCUT2D eigenvalue weighted by molar-refractivity contribution is 6.30. The quantitative estimate of drug-likeness (QED) is 0.778. The molecule has 0 saturated carbocycles. The van der Waals surface area contributed by atoms with Crippen LogP contribution in [0.3, 0.4) is 0 Å². The average Bonchev–Trinajstić information content (AvgIpc) is 2.83. The van der Waals surface area contributed by atoms with Gasteiger partial charge < -0.3 is 5.32 Å². The maximum atomic E-state index is 6.03. The molecule has 1 atom stereocenters. The van der Waals surface area contributed by atoms with E-state index < -0.39 is 0 Å². The second-order valence-electron chi connectivity index (χ2n) is 4.70. The topological polar surface area (TPSA) is 24.9 Å². The zero-order valence-electron chi connectivity index (χ0n) is 9.83. The highest BCUT2D eigenvalue weighted by atomic mass is 35.5. The number of hydrogen-bond donors (Lipinski definition) is 1. The molecular formula is C14H15ClN2. The number of hydrogen-bond acceptors (Lipinski definition) is 2. The van der Waals surface area contributed by atoms with Gasteiger partial charge in [-0.3, -0.25) is 0 Å². The number of fused-ring (bicyclic) bond motifs is 1. The van der Waals surface area contributed by atoms with E-state index in [1.807, 2.05) is 6.92 Å². The van der Waals surface area contributed by atoms with Gasteiger partial charge in [-0.05, 0) is 55.6 Å². The third kappa shape index (κ3) is 2.03. The van der Waals surface area contributed by atoms with Crippen LogP contribution in [-0.4, -0.2) is 11.5 Å². The molecule has 17 heavy (non-hydrogen) atoms. The molecule has 1 aliphatic heterocycles. The third-order valence-corrected chi connectivity index (χ3v) is 3.81. The monoisotopic (exact) mass is 246 g/mol. The van der Waals surface area contributed by atoms with Crippen molar-refractivity contribution in [3.63, 3.8) is 0 Å². The zero-order chi connectivity index (χ0) is 11.8. The van der Waals surface area contributed by atoms with Crippen molar-refractivity contribution in [1.29, 1.82) is 0 Å². The summed E-state index contributed by atoms with van der Waals surface area (Å²) in [5, 5.41) is 5.30. The van der Waals surface area contributed by atoms with E-state index in [1.54, 1.807) is 0 Å². The van der Waals surface area contributed by atoms with Crippen LogP contribution < -0.4 is 5.32 Å². The Morgan fingerprint density at radius 1 is 1.35 bits per heavy atom. The van der Waals surface area contributed by atoms with Gasteiger partial charge in [-0.2, -0.15) is 0 Å². The Morgan fingerprint density at radius 3 is 3.00 bits per heavy atom. The van der Waals surface area contributed by atoms with Gasteiger partial charge in [0.15, 0.2) is 0 Å². The highest BCUT2D eigenvalue weighted by Gasteiger charge is 2.16. The van der Waals surface area contributed by atoms with Gasteiger partial charge in [-0.15, -0.1) is 0 Å². The summed E-state index contributed by atoms with van der Waals surface area (Å²) in [5.74, 6) is 0. The molecule has 2 nitrogen and oxygen atoms in total. The van der Waals surface area contributed by atoms with Crippen LogP contribution >= 0.6 is 11.6 Å². The maximum Gasteiger partial charge on any atom is 0.132 e. The fourth-order valence-corrected chi connectivity index (χ4v) is 2.61. The van der Waals surface area contributed by atoms with E-state index in [2.05, 4.69) is 34.6 Å². The van der Waals surface area contributed by atoms with Gasteiger partial charge in [0.25, 0.3) is 0 Å². The van der Waals surface area contributed by atoms with Crippen LogP contribution in [0.1, 0.15) is 30.0 Å². The molecule has 2 aromatic rings. The lowest BCUT2D eigenvalue weighted by Gasteiger charge is -2.11. The molecule has 0 bridgehead atoms. The summed E-state index contributed by atoms with van der Waals surface area (Å²) >= 11 is 6.03. The molecule has 3 heteroatoms. The Labute approximate surface area is 106 Å². The van der Waals surface area contributed by atoms with Gasteiger partial charge in [-0.1, -0.05) is 17.7 Å². The minimum absolute atomic E-state index is 0.510. The standard InChI is InChI=1S/C14H15ClN2/c1-9-7-11-8-10(12-3-2-6-16-12)4-5-13(11)17-14(9)15/h4-5,7-8,12,16H,2-3,6H2,1H3. The number of nitrogens with one attached hydrogen (secondary N) is 1. The van der Waals surface area contributed by atoms with Crippen LogP contribution in [0.4, 0.5) is 0 Å². The molecular weight excluding hydrogens is 232 g/mol. The number of pyridine rings is 1. The van der Waals surface area contributed by atoms with Crippen molar-refractivity contribution in [2.24, 2.45) is 0 Å². The lowest BCUT2D eigenvalue weighted by Crippen LogP contribution is -2.12. The molecule has 1 aromatic carbocycles. The molecule has 1 saturated heterocycles. The minimum Gasteiger partial charge on any atom is -0.310 e. The number of benzene rings is 1. The second-order valence-corrected chi connectivity index (χ2v) is 5.06. The van der Waals surface area contributed by atoms with Gasteiger partial charge in [0.1, 0.15) is 5.15 Å². The Hall–Kier alpha value is -1.12. The first-order valence-corrected chi connectivity index (χ1v) is 6.42. The summed E-state index contributed by atoms with van der Waals surface area (Å²) in [4.78, 5) is 4.39. The molecule has 0 amide bonds. The summed E-state index contributed by atoms with van der Waals surface area (Å²) < 4.78 is 0. The van der Waals surface area contributed by atoms with Gasteiger partial charge in [0.05, 0.1) is 5.52 Å². The molecule has 0 spiro atoms. The SMILES string of the molecule is Cc1cc2cc(C3CCCN3)ccc2nc1Cl. The van der Waals surface area contributed by atoms with Gasteiger partial charge in [0.2, 0.25) is 0 Å². The number of aryl methyl sites for hydroxylation is 1. The molecule has 0 radical (unpaired) electrons. The van der Waals surface area contributed by atoms with Crippen molar-refractivity contribution in [2.45, 2.75) is 25.8 Å². The van der Waals surface area contributed by atoms with Crippen molar-refractivity contribution in [3.05, 3.63) is 40.5 Å². The largest absolute Gasteiger partial charge is 0.310 e. The Kier molecular flexibility index (Phi) is 2.77. The van der Waals surface area contributed by atoms with Gasteiger partial charge >= 0.3 is 0 Å². The van der Waals surface area contributed by atoms with Crippen molar-refractivity contribution in [2.75, 3.05) is 6.54 Å². The van der Waals surface area contributed by atoms with Crippen molar-refractivity contribution < 1.29 is 0 Å². The fraction of sp³-hybridized carbons (Fsp3) is 0.357. The molecule has 1 unspecified atom stereocenters. The number of nitrogens with zero attached hydrogens (tertiary/aromatic N) is 1. The van der Waals surface area contributed by atoms with Crippen molar-refractivity contribution in [3.8, 4) is 0 Å². The lowest BCUT2D eigenvalue weighted by atomic mass is 10.0. The first-order valence-electron chi connectivity index (χ1n) is 6.04. The summed E-state index contributed by atoms with van der Waals surface area (Å²) in [6.45, 7) is 3.12. The van der Waals surface area contributed by atoms with E-state index >= 15 is 0 Å². The van der Waals surface area contributed by atoms with E-state index in [4.69, 9.17) is 11.6 Å². The van der Waals surface area contributed by atoms with Gasteiger partial charge in [0, 0.05) is 11.4 Å². The van der Waals surface area contributed by atoms with Crippen LogP contribution in [0.25, 0.3) is 10.9 Å². The van der Waals surface area contributed by atoms with E-state index in [-0.39, 0.29) is 0 Å². The summed E-state index contributed by atoms with van der Waals surface area (Å²) in [6.07, 6.45) is 2.49. The van der Waals surface area contributed by atoms with Crippen molar-refractivity contribution >= 4 is 22.5 Å². The maximum absolute atomic E-state index is 6.03. The molecule has 0 aliphatic carbocycles. The normalized spacial score (nSPS) is 20.0. The van der Waals surface area contributed by atoms with Crippen LogP contribution in [0.15, 0.2) is 24.3 Å². The van der Waals surface area contributed by atoms with Crippen molar-refractivity contribution in [1.82, 2.24) is 10.3 Å². The predicted octanol–water partition coefficient (Wildman–Crippen LogP) is 3.62. The van der Waals surface area contributed by atoms with Crippen LogP contribution in [0.2, 0.25) is 5.15 Å². The first-order chi connectivity index (χ1) is 8.24. The smallest absolute Gasteiger partial charge is 0.132 e. The van der Waals surface area contributed by atoms with Crippen LogP contribution in [0, 0.1) is 6.92 Å². The summed E-state index contributed by atoms with van der Waals surface area (Å²) in [6, 6.07) is 9.08. The predicted molar refractivity (Wildman–Crippen MR) is 71.5 cm³/mol. The van der Waals surface area contributed by atoms with E-state index in [1.165, 1.54) is 23.8 Å². The Morgan fingerprint density at radius 2 is 2.24 bits per heavy atom. The molecule has 88 valence electrons. The lowest BCUT2D eigenvalue weighted by molar-refractivity contribution is 0.648. The van der Waals surface area contributed by atoms with Crippen LogP contribution in [-0.2, 0) is 0 Å². The van der Waals surface area contributed by atoms with Crippen LogP contribution in [0.5, 0.6) is 0 Å². The molecule has 1 aliphatic rings. The summed E-state index contributed by atoms with van der Waals surface area (Å²) in [7, 11) is 0. The average molecular weight is 247 g/mol. The third-order valence-electron chi connectivity index (χ3n) is 3.43. The Bertz CT molecular complexity index is 559. The molecule has 1 fully saturated rings. The fourth-order valence-electron chi connectivity index (χ4n) is 2.46. The first kappa shape index (κ1) is 11.0. The zero-order valence-corrected chi connectivity index (χ0v) is 10.6. The Balaban J connectivity index is 2.08. The molecule has 3 rings (SSSR count). The highest BCUT2D eigenvalue weighted by Crippen LogP contribution is 2.27. The van der Waals surface area contributed by atoms with Gasteiger partial charge in [-0.25, -0.2) is 4.98 Å². The van der Waals surface area contributed by atoms with E-state index in [0.717, 1.165) is 17.6 Å².